The van der Waals surface area contributed by atoms with Crippen LogP contribution in [0.4, 0.5) is 5.95 Å². The number of nitrogens with one attached hydrogen (secondary N) is 1. The number of ether oxygens (including phenoxy) is 1. The monoisotopic (exact) mass is 373 g/mol. The first-order valence-electron chi connectivity index (χ1n) is 10.4. The van der Waals surface area contributed by atoms with Gasteiger partial charge in [-0.15, -0.1) is 0 Å². The summed E-state index contributed by atoms with van der Waals surface area (Å²) in [5.74, 6) is 1.05. The van der Waals surface area contributed by atoms with E-state index in [9.17, 15) is 4.79 Å². The van der Waals surface area contributed by atoms with Crippen molar-refractivity contribution >= 4 is 11.9 Å². The summed E-state index contributed by atoms with van der Waals surface area (Å²) in [5, 5.41) is 3.19. The highest BCUT2D eigenvalue weighted by Crippen LogP contribution is 2.38. The van der Waals surface area contributed by atoms with Crippen molar-refractivity contribution < 1.29 is 9.53 Å². The van der Waals surface area contributed by atoms with E-state index in [1.165, 1.54) is 64.8 Å². The fourth-order valence-electron chi connectivity index (χ4n) is 5.31. The van der Waals surface area contributed by atoms with Crippen LogP contribution in [-0.4, -0.2) is 52.6 Å². The third kappa shape index (κ3) is 4.03. The Labute approximate surface area is 161 Å². The zero-order valence-electron chi connectivity index (χ0n) is 16.2. The molecule has 1 aromatic rings. The maximum atomic E-state index is 12.7. The van der Waals surface area contributed by atoms with Gasteiger partial charge in [-0.25, -0.2) is 4.98 Å². The molecule has 0 radical (unpaired) electrons. The average molecular weight is 374 g/mol. The number of aromatic nitrogens is 2. The van der Waals surface area contributed by atoms with Crippen LogP contribution < -0.4 is 15.8 Å². The van der Waals surface area contributed by atoms with Crippen molar-refractivity contribution in [3.05, 3.63) is 11.8 Å². The van der Waals surface area contributed by atoms with Crippen molar-refractivity contribution in [3.8, 4) is 5.88 Å². The molecule has 2 aliphatic heterocycles. The minimum Gasteiger partial charge on any atom is -0.480 e. The predicted octanol–water partition coefficient (Wildman–Crippen LogP) is 2.37. The molecule has 2 atom stereocenters. The van der Waals surface area contributed by atoms with Gasteiger partial charge in [0.15, 0.2) is 0 Å². The Bertz CT molecular complexity index is 662. The van der Waals surface area contributed by atoms with E-state index in [-0.39, 0.29) is 23.8 Å². The van der Waals surface area contributed by atoms with Gasteiger partial charge < -0.3 is 15.8 Å². The van der Waals surface area contributed by atoms with Crippen molar-refractivity contribution in [3.63, 3.8) is 0 Å². The highest BCUT2D eigenvalue weighted by atomic mass is 16.5. The molecule has 3 N–H and O–H groups in total. The fraction of sp³-hybridized carbons (Fsp3) is 0.750. The number of fused-ring (bicyclic) bond motifs is 2. The Morgan fingerprint density at radius 3 is 2.59 bits per heavy atom. The molecule has 2 bridgehead atoms. The van der Waals surface area contributed by atoms with Gasteiger partial charge in [0, 0.05) is 30.9 Å². The van der Waals surface area contributed by atoms with Gasteiger partial charge in [0.1, 0.15) is 5.56 Å². The number of hydrogen-bond donors (Lipinski definition) is 2. The number of amides is 1. The smallest absolute Gasteiger partial charge is 0.258 e. The Kier molecular flexibility index (Phi) is 5.48. The third-order valence-electron chi connectivity index (χ3n) is 6.62. The Morgan fingerprint density at radius 1 is 1.22 bits per heavy atom. The first-order valence-corrected chi connectivity index (χ1v) is 10.4. The van der Waals surface area contributed by atoms with Crippen molar-refractivity contribution in [1.29, 1.82) is 0 Å². The molecule has 4 rings (SSSR count). The number of rotatable bonds is 5. The molecule has 3 fully saturated rings. The molecule has 7 heteroatoms. The molecular formula is C20H31N5O2. The highest BCUT2D eigenvalue weighted by Gasteiger charge is 2.41. The number of methoxy groups -OCH3 is 1. The van der Waals surface area contributed by atoms with Gasteiger partial charge in [0.25, 0.3) is 5.91 Å². The number of piperidine rings is 1. The molecule has 2 saturated heterocycles. The van der Waals surface area contributed by atoms with Crippen LogP contribution in [0.1, 0.15) is 68.1 Å². The second-order valence-corrected chi connectivity index (χ2v) is 8.38. The van der Waals surface area contributed by atoms with Crippen molar-refractivity contribution in [1.82, 2.24) is 20.2 Å². The Balaban J connectivity index is 1.36. The third-order valence-corrected chi connectivity index (χ3v) is 6.62. The quantitative estimate of drug-likeness (QED) is 0.823. The number of anilines is 1. The van der Waals surface area contributed by atoms with Crippen LogP contribution in [-0.2, 0) is 0 Å². The normalized spacial score (nSPS) is 28.9. The summed E-state index contributed by atoms with van der Waals surface area (Å²) in [6, 6.07) is 1.43. The van der Waals surface area contributed by atoms with Crippen LogP contribution in [0.3, 0.4) is 0 Å². The summed E-state index contributed by atoms with van der Waals surface area (Å²) in [6.45, 7) is 1.26. The topological polar surface area (TPSA) is 93.4 Å². The van der Waals surface area contributed by atoms with E-state index in [4.69, 9.17) is 10.5 Å². The summed E-state index contributed by atoms with van der Waals surface area (Å²) in [5.41, 5.74) is 5.94. The van der Waals surface area contributed by atoms with Gasteiger partial charge in [-0.3, -0.25) is 9.69 Å². The summed E-state index contributed by atoms with van der Waals surface area (Å²) in [4.78, 5) is 23.4. The summed E-state index contributed by atoms with van der Waals surface area (Å²) < 4.78 is 5.19. The molecule has 2 unspecified atom stereocenters. The molecule has 27 heavy (non-hydrogen) atoms. The van der Waals surface area contributed by atoms with E-state index in [0.717, 1.165) is 18.8 Å². The lowest BCUT2D eigenvalue weighted by Crippen LogP contribution is -2.51. The second kappa shape index (κ2) is 8.00. The van der Waals surface area contributed by atoms with Gasteiger partial charge in [0.05, 0.1) is 7.11 Å². The largest absolute Gasteiger partial charge is 0.480 e. The molecular weight excluding hydrogens is 342 g/mol. The number of nitrogens with two attached hydrogens (primary N) is 1. The van der Waals surface area contributed by atoms with E-state index in [0.29, 0.717) is 17.6 Å². The molecule has 3 aliphatic rings. The lowest BCUT2D eigenvalue weighted by Gasteiger charge is -2.41. The molecule has 1 aliphatic carbocycles. The van der Waals surface area contributed by atoms with Gasteiger partial charge in [-0.05, 0) is 44.4 Å². The Morgan fingerprint density at radius 2 is 1.93 bits per heavy atom. The average Bonchev–Trinajstić information content (AvgIpc) is 2.90. The first kappa shape index (κ1) is 18.5. The zero-order valence-corrected chi connectivity index (χ0v) is 16.2. The van der Waals surface area contributed by atoms with E-state index in [1.54, 1.807) is 0 Å². The van der Waals surface area contributed by atoms with Gasteiger partial charge >= 0.3 is 0 Å². The number of carbonyl (C=O) groups excluding carboxylic acids is 1. The van der Waals surface area contributed by atoms with Crippen molar-refractivity contribution in [2.45, 2.75) is 75.9 Å². The molecule has 0 aromatic carbocycles. The van der Waals surface area contributed by atoms with Crippen LogP contribution in [0.2, 0.25) is 0 Å². The first-order chi connectivity index (χ1) is 13.1. The van der Waals surface area contributed by atoms with Crippen molar-refractivity contribution in [2.24, 2.45) is 5.92 Å². The van der Waals surface area contributed by atoms with Crippen LogP contribution >= 0.6 is 0 Å². The van der Waals surface area contributed by atoms with Crippen LogP contribution in [0.25, 0.3) is 0 Å². The maximum Gasteiger partial charge on any atom is 0.258 e. The molecule has 148 valence electrons. The van der Waals surface area contributed by atoms with E-state index in [2.05, 4.69) is 20.2 Å². The molecule has 1 saturated carbocycles. The fourth-order valence-corrected chi connectivity index (χ4v) is 5.31. The minimum absolute atomic E-state index is 0.109. The number of nitrogens with zero attached hydrogens (tertiary/aromatic N) is 3. The van der Waals surface area contributed by atoms with E-state index < -0.39 is 0 Å². The molecule has 7 nitrogen and oxygen atoms in total. The molecule has 3 heterocycles. The summed E-state index contributed by atoms with van der Waals surface area (Å²) >= 11 is 0. The zero-order chi connectivity index (χ0) is 18.8. The summed E-state index contributed by atoms with van der Waals surface area (Å²) in [6.07, 6.45) is 13.0. The lowest BCUT2D eigenvalue weighted by atomic mass is 9.87. The maximum absolute atomic E-state index is 12.7. The Hall–Kier alpha value is -1.89. The van der Waals surface area contributed by atoms with Crippen LogP contribution in [0.5, 0.6) is 5.88 Å². The standard InChI is InChI=1S/C20H31N5O2/c1-27-19-17(11-22-20(21)24-19)18(26)23-14-9-15-7-8-16(10-14)25(15)12-13-5-3-2-4-6-13/h11,13-16H,2-10,12H2,1H3,(H,23,26)(H2,21,22,24). The van der Waals surface area contributed by atoms with Gasteiger partial charge in [0.2, 0.25) is 11.8 Å². The molecule has 1 amide bonds. The second-order valence-electron chi connectivity index (χ2n) is 8.38. The minimum atomic E-state index is -0.169. The van der Waals surface area contributed by atoms with Gasteiger partial charge in [-0.1, -0.05) is 19.3 Å². The van der Waals surface area contributed by atoms with E-state index >= 15 is 0 Å². The lowest BCUT2D eigenvalue weighted by molar-refractivity contribution is 0.0759. The van der Waals surface area contributed by atoms with Gasteiger partial charge in [-0.2, -0.15) is 4.98 Å². The SMILES string of the molecule is COc1nc(N)ncc1C(=O)NC1CC2CCC(C1)N2CC1CCCCC1. The number of nitrogen functional groups attached to an aromatic ring is 1. The van der Waals surface area contributed by atoms with Crippen LogP contribution in [0, 0.1) is 5.92 Å². The van der Waals surface area contributed by atoms with Crippen molar-refractivity contribution in [2.75, 3.05) is 19.4 Å². The summed E-state index contributed by atoms with van der Waals surface area (Å²) in [7, 11) is 1.49. The van der Waals surface area contributed by atoms with E-state index in [1.807, 2.05) is 0 Å². The highest BCUT2D eigenvalue weighted by molar-refractivity contribution is 5.96. The number of hydrogen-bond acceptors (Lipinski definition) is 6. The molecule has 0 spiro atoms. The predicted molar refractivity (Wildman–Crippen MR) is 104 cm³/mol. The number of carbonyl (C=O) groups is 1. The van der Waals surface area contributed by atoms with Crippen LogP contribution in [0.15, 0.2) is 6.20 Å². The molecule has 1 aromatic heterocycles.